The van der Waals surface area contributed by atoms with Gasteiger partial charge in [-0.1, -0.05) is 0 Å². The van der Waals surface area contributed by atoms with Crippen LogP contribution < -0.4 is 5.32 Å². The lowest BCUT2D eigenvalue weighted by Crippen LogP contribution is -2.40. The van der Waals surface area contributed by atoms with Crippen LogP contribution in [0, 0.1) is 5.92 Å². The molecule has 2 N–H and O–H groups in total. The zero-order valence-electron chi connectivity index (χ0n) is 9.79. The van der Waals surface area contributed by atoms with Gasteiger partial charge < -0.3 is 15.2 Å². The van der Waals surface area contributed by atoms with Crippen molar-refractivity contribution >= 4 is 11.8 Å². The van der Waals surface area contributed by atoms with Gasteiger partial charge in [-0.05, 0) is 37.3 Å². The molecule has 3 nitrogen and oxygen atoms in total. The highest BCUT2D eigenvalue weighted by atomic mass is 32.2. The van der Waals surface area contributed by atoms with Gasteiger partial charge in [-0.25, -0.2) is 0 Å². The Morgan fingerprint density at radius 3 is 3.00 bits per heavy atom. The summed E-state index contributed by atoms with van der Waals surface area (Å²) in [6, 6.07) is 0. The van der Waals surface area contributed by atoms with E-state index in [1.807, 2.05) is 18.7 Å². The minimum absolute atomic E-state index is 0.619. The van der Waals surface area contributed by atoms with Crippen LogP contribution in [0.25, 0.3) is 0 Å². The summed E-state index contributed by atoms with van der Waals surface area (Å²) in [5.74, 6) is 3.37. The molecule has 0 spiro atoms. The van der Waals surface area contributed by atoms with Gasteiger partial charge in [-0.15, -0.1) is 0 Å². The molecule has 15 heavy (non-hydrogen) atoms. The quantitative estimate of drug-likeness (QED) is 0.691. The number of thioether (sulfide) groups is 1. The van der Waals surface area contributed by atoms with E-state index in [9.17, 15) is 5.11 Å². The third kappa shape index (κ3) is 5.76. The number of methoxy groups -OCH3 is 1. The van der Waals surface area contributed by atoms with Crippen LogP contribution in [0.2, 0.25) is 0 Å². The van der Waals surface area contributed by atoms with Gasteiger partial charge in [0.2, 0.25) is 0 Å². The first kappa shape index (κ1) is 13.3. The standard InChI is InChI=1S/C11H23NO2S/c1-11(13,4-5-14-2)9-12-7-10-3-6-15-8-10/h10,12-13H,3-9H2,1-2H3. The van der Waals surface area contributed by atoms with Crippen LogP contribution in [0.3, 0.4) is 0 Å². The summed E-state index contributed by atoms with van der Waals surface area (Å²) in [6.07, 6.45) is 2.01. The highest BCUT2D eigenvalue weighted by molar-refractivity contribution is 7.99. The minimum atomic E-state index is -0.637. The van der Waals surface area contributed by atoms with Gasteiger partial charge in [0.25, 0.3) is 0 Å². The molecule has 1 aliphatic heterocycles. The molecule has 0 amide bonds. The zero-order valence-corrected chi connectivity index (χ0v) is 10.6. The first-order valence-electron chi connectivity index (χ1n) is 5.64. The van der Waals surface area contributed by atoms with Crippen molar-refractivity contribution in [3.05, 3.63) is 0 Å². The van der Waals surface area contributed by atoms with Crippen LogP contribution in [0.4, 0.5) is 0 Å². The van der Waals surface area contributed by atoms with Crippen molar-refractivity contribution in [3.63, 3.8) is 0 Å². The average Bonchev–Trinajstić information content (AvgIpc) is 2.67. The number of hydrogen-bond donors (Lipinski definition) is 2. The lowest BCUT2D eigenvalue weighted by molar-refractivity contribution is 0.0245. The second-order valence-electron chi connectivity index (χ2n) is 4.60. The van der Waals surface area contributed by atoms with E-state index in [2.05, 4.69) is 5.32 Å². The van der Waals surface area contributed by atoms with Crippen LogP contribution in [-0.4, -0.2) is 49.0 Å². The van der Waals surface area contributed by atoms with E-state index in [1.165, 1.54) is 17.9 Å². The SMILES string of the molecule is COCCC(C)(O)CNCC1CCSC1. The van der Waals surface area contributed by atoms with Gasteiger partial charge in [0.15, 0.2) is 0 Å². The Morgan fingerprint density at radius 2 is 2.40 bits per heavy atom. The van der Waals surface area contributed by atoms with Crippen molar-refractivity contribution in [1.29, 1.82) is 0 Å². The molecule has 2 unspecified atom stereocenters. The Hall–Kier alpha value is 0.230. The van der Waals surface area contributed by atoms with Gasteiger partial charge in [-0.3, -0.25) is 0 Å². The summed E-state index contributed by atoms with van der Waals surface area (Å²) in [6.45, 7) is 4.18. The summed E-state index contributed by atoms with van der Waals surface area (Å²) in [5, 5.41) is 13.3. The van der Waals surface area contributed by atoms with Crippen molar-refractivity contribution in [2.24, 2.45) is 5.92 Å². The molecular weight excluding hydrogens is 210 g/mol. The number of aliphatic hydroxyl groups is 1. The predicted octanol–water partition coefficient (Wildman–Crippen LogP) is 1.12. The predicted molar refractivity (Wildman–Crippen MR) is 65.4 cm³/mol. The monoisotopic (exact) mass is 233 g/mol. The van der Waals surface area contributed by atoms with E-state index in [4.69, 9.17) is 4.74 Å². The molecule has 0 aromatic rings. The van der Waals surface area contributed by atoms with Crippen molar-refractivity contribution in [2.45, 2.75) is 25.4 Å². The van der Waals surface area contributed by atoms with E-state index >= 15 is 0 Å². The van der Waals surface area contributed by atoms with Crippen LogP contribution in [0.5, 0.6) is 0 Å². The average molecular weight is 233 g/mol. The third-order valence-corrected chi connectivity index (χ3v) is 4.04. The fourth-order valence-electron chi connectivity index (χ4n) is 1.70. The molecule has 0 bridgehead atoms. The van der Waals surface area contributed by atoms with Gasteiger partial charge in [0.1, 0.15) is 0 Å². The minimum Gasteiger partial charge on any atom is -0.389 e. The van der Waals surface area contributed by atoms with Gasteiger partial charge in [0.05, 0.1) is 5.60 Å². The number of rotatable bonds is 7. The van der Waals surface area contributed by atoms with Gasteiger partial charge in [-0.2, -0.15) is 11.8 Å². The zero-order chi connectivity index (χ0) is 11.1. The summed E-state index contributed by atoms with van der Waals surface area (Å²) in [5.41, 5.74) is -0.637. The topological polar surface area (TPSA) is 41.5 Å². The first-order valence-corrected chi connectivity index (χ1v) is 6.79. The van der Waals surface area contributed by atoms with Gasteiger partial charge >= 0.3 is 0 Å². The number of ether oxygens (including phenoxy) is 1. The lowest BCUT2D eigenvalue weighted by atomic mass is 10.0. The van der Waals surface area contributed by atoms with Crippen molar-refractivity contribution in [3.8, 4) is 0 Å². The molecular formula is C11H23NO2S. The van der Waals surface area contributed by atoms with Crippen molar-refractivity contribution in [2.75, 3.05) is 38.3 Å². The molecule has 0 saturated carbocycles. The fraction of sp³-hybridized carbons (Fsp3) is 1.00. The van der Waals surface area contributed by atoms with E-state index in [-0.39, 0.29) is 0 Å². The maximum atomic E-state index is 9.97. The second kappa shape index (κ2) is 6.74. The Balaban J connectivity index is 2.06. The first-order chi connectivity index (χ1) is 7.14. The van der Waals surface area contributed by atoms with Crippen LogP contribution >= 0.6 is 11.8 Å². The normalized spacial score (nSPS) is 25.4. The number of hydrogen-bond acceptors (Lipinski definition) is 4. The van der Waals surface area contributed by atoms with Crippen LogP contribution in [-0.2, 0) is 4.74 Å². The molecule has 1 saturated heterocycles. The summed E-state index contributed by atoms with van der Waals surface area (Å²) in [7, 11) is 1.67. The van der Waals surface area contributed by atoms with E-state index in [1.54, 1.807) is 7.11 Å². The molecule has 2 atom stereocenters. The summed E-state index contributed by atoms with van der Waals surface area (Å²) >= 11 is 2.03. The van der Waals surface area contributed by atoms with Crippen LogP contribution in [0.15, 0.2) is 0 Å². The van der Waals surface area contributed by atoms with E-state index in [0.717, 1.165) is 12.5 Å². The molecule has 1 rings (SSSR count). The molecule has 4 heteroatoms. The maximum Gasteiger partial charge on any atom is 0.0765 e. The molecule has 0 aromatic carbocycles. The van der Waals surface area contributed by atoms with Crippen molar-refractivity contribution in [1.82, 2.24) is 5.32 Å². The molecule has 0 aliphatic carbocycles. The Morgan fingerprint density at radius 1 is 1.60 bits per heavy atom. The van der Waals surface area contributed by atoms with E-state index in [0.29, 0.717) is 19.6 Å². The fourth-order valence-corrected chi connectivity index (χ4v) is 2.98. The molecule has 0 radical (unpaired) electrons. The van der Waals surface area contributed by atoms with E-state index < -0.39 is 5.60 Å². The highest BCUT2D eigenvalue weighted by Gasteiger charge is 2.21. The molecule has 90 valence electrons. The highest BCUT2D eigenvalue weighted by Crippen LogP contribution is 2.22. The lowest BCUT2D eigenvalue weighted by Gasteiger charge is -2.24. The maximum absolute atomic E-state index is 9.97. The smallest absolute Gasteiger partial charge is 0.0765 e. The van der Waals surface area contributed by atoms with Crippen LogP contribution in [0.1, 0.15) is 19.8 Å². The van der Waals surface area contributed by atoms with Crippen molar-refractivity contribution < 1.29 is 9.84 Å². The summed E-state index contributed by atoms with van der Waals surface area (Å²) in [4.78, 5) is 0. The number of nitrogens with one attached hydrogen (secondary N) is 1. The molecule has 0 aromatic heterocycles. The Labute approximate surface area is 97.0 Å². The molecule has 1 aliphatic rings. The molecule has 1 heterocycles. The van der Waals surface area contributed by atoms with Gasteiger partial charge in [0, 0.05) is 26.7 Å². The molecule has 1 fully saturated rings. The summed E-state index contributed by atoms with van der Waals surface area (Å²) < 4.78 is 4.97. The second-order valence-corrected chi connectivity index (χ2v) is 5.75. The Bertz CT molecular complexity index is 170. The third-order valence-electron chi connectivity index (χ3n) is 2.81. The Kier molecular flexibility index (Phi) is 5.97. The largest absolute Gasteiger partial charge is 0.389 e.